The van der Waals surface area contributed by atoms with Gasteiger partial charge in [-0.15, -0.1) is 0 Å². The predicted molar refractivity (Wildman–Crippen MR) is 246 cm³/mol. The third-order valence-electron chi connectivity index (χ3n) is 14.0. The summed E-state index contributed by atoms with van der Waals surface area (Å²) in [5.41, 5.74) is 15.1. The van der Waals surface area contributed by atoms with E-state index in [0.717, 1.165) is 17.2 Å². The van der Waals surface area contributed by atoms with Crippen LogP contribution in [0.4, 0.5) is 17.1 Å². The lowest BCUT2D eigenvalue weighted by Gasteiger charge is -2.45. The van der Waals surface area contributed by atoms with Crippen LogP contribution in [0.5, 0.6) is 11.5 Å². The molecule has 4 heterocycles. The zero-order chi connectivity index (χ0) is 39.0. The molecule has 12 rings (SSSR count). The third kappa shape index (κ3) is 4.28. The van der Waals surface area contributed by atoms with Crippen LogP contribution in [0, 0.1) is 0 Å². The number of para-hydroxylation sites is 2. The van der Waals surface area contributed by atoms with Crippen molar-refractivity contribution in [2.24, 2.45) is 0 Å². The zero-order valence-electron chi connectivity index (χ0n) is 33.3. The van der Waals surface area contributed by atoms with E-state index in [-0.39, 0.29) is 17.5 Å². The summed E-state index contributed by atoms with van der Waals surface area (Å²) in [6, 6.07) is 68.7. The molecule has 0 saturated carbocycles. The Kier molecular flexibility index (Phi) is 6.89. The van der Waals surface area contributed by atoms with Gasteiger partial charge in [-0.1, -0.05) is 179 Å². The van der Waals surface area contributed by atoms with Crippen molar-refractivity contribution in [2.45, 2.75) is 38.5 Å². The predicted octanol–water partition coefficient (Wildman–Crippen LogP) is 8.41. The molecule has 4 aliphatic rings. The van der Waals surface area contributed by atoms with E-state index in [1.807, 2.05) is 0 Å². The van der Waals surface area contributed by atoms with E-state index in [0.29, 0.717) is 0 Å². The second-order valence-corrected chi connectivity index (χ2v) is 21.3. The Morgan fingerprint density at radius 1 is 0.448 bits per heavy atom. The smallest absolute Gasteiger partial charge is 0.251 e. The molecule has 0 bridgehead atoms. The molecule has 276 valence electrons. The summed E-state index contributed by atoms with van der Waals surface area (Å²) < 4.78 is 7.03. The first-order valence-corrected chi connectivity index (χ1v) is 22.6. The molecule has 4 heteroatoms. The van der Waals surface area contributed by atoms with Gasteiger partial charge in [0.25, 0.3) is 6.71 Å². The Labute approximate surface area is 342 Å². The lowest BCUT2D eigenvalue weighted by molar-refractivity contribution is 0.484. The van der Waals surface area contributed by atoms with Gasteiger partial charge in [0.15, 0.2) is 8.07 Å². The number of rotatable bonds is 3. The first kappa shape index (κ1) is 33.8. The number of anilines is 3. The molecule has 0 atom stereocenters. The van der Waals surface area contributed by atoms with Gasteiger partial charge in [-0.3, -0.25) is 0 Å². The van der Waals surface area contributed by atoms with E-state index in [9.17, 15) is 0 Å². The first-order chi connectivity index (χ1) is 28.3. The maximum absolute atomic E-state index is 7.03. The quantitative estimate of drug-likeness (QED) is 0.168. The molecule has 4 aliphatic heterocycles. The molecule has 0 amide bonds. The van der Waals surface area contributed by atoms with Crippen molar-refractivity contribution in [1.82, 2.24) is 0 Å². The number of hydrogen-bond acceptors (Lipinski definition) is 2. The maximum atomic E-state index is 7.03. The van der Waals surface area contributed by atoms with Crippen molar-refractivity contribution in [1.29, 1.82) is 0 Å². The molecular weight excluding hydrogens is 717 g/mol. The molecule has 0 radical (unpaired) electrons. The summed E-state index contributed by atoms with van der Waals surface area (Å²) in [5, 5.41) is 5.73. The highest BCUT2D eigenvalue weighted by atomic mass is 28.3. The maximum Gasteiger partial charge on any atom is 0.251 e. The van der Waals surface area contributed by atoms with Crippen LogP contribution >= 0.6 is 0 Å². The van der Waals surface area contributed by atoms with Crippen LogP contribution in [-0.4, -0.2) is 14.8 Å². The number of ether oxygens (including phenoxy) is 1. The second kappa shape index (κ2) is 11.8. The molecule has 2 nitrogen and oxygen atoms in total. The highest BCUT2D eigenvalue weighted by Crippen LogP contribution is 2.54. The van der Waals surface area contributed by atoms with E-state index in [4.69, 9.17) is 4.74 Å². The van der Waals surface area contributed by atoms with Crippen molar-refractivity contribution >= 4 is 69.0 Å². The highest BCUT2D eigenvalue weighted by Gasteiger charge is 2.51. The van der Waals surface area contributed by atoms with Gasteiger partial charge in [0, 0.05) is 16.9 Å². The van der Waals surface area contributed by atoms with Gasteiger partial charge >= 0.3 is 0 Å². The summed E-state index contributed by atoms with van der Waals surface area (Å²) in [6.07, 6.45) is 0. The Bertz CT molecular complexity index is 2970. The van der Waals surface area contributed by atoms with Crippen LogP contribution < -0.4 is 46.8 Å². The normalized spacial score (nSPS) is 16.4. The number of hydrogen-bond donors (Lipinski definition) is 0. The fraction of sp³-hybridized carbons (Fsp3) is 0.111. The van der Waals surface area contributed by atoms with E-state index >= 15 is 0 Å². The largest absolute Gasteiger partial charge is 0.458 e. The van der Waals surface area contributed by atoms with Crippen LogP contribution in [0.2, 0.25) is 0 Å². The molecular formula is C54H42BNOSi. The molecule has 0 fully saturated rings. The second-order valence-electron chi connectivity index (χ2n) is 17.6. The Balaban J connectivity index is 1.17. The van der Waals surface area contributed by atoms with Gasteiger partial charge in [-0.05, 0) is 95.4 Å². The Hall–Kier alpha value is -6.36. The van der Waals surface area contributed by atoms with Crippen molar-refractivity contribution in [3.63, 3.8) is 0 Å². The molecule has 0 aliphatic carbocycles. The Morgan fingerprint density at radius 3 is 1.81 bits per heavy atom. The van der Waals surface area contributed by atoms with E-state index in [2.05, 4.69) is 215 Å². The average molecular weight is 760 g/mol. The first-order valence-electron chi connectivity index (χ1n) is 20.6. The minimum Gasteiger partial charge on any atom is -0.458 e. The number of nitrogens with zero attached hydrogens (tertiary/aromatic N) is 1. The molecule has 0 spiro atoms. The molecule has 58 heavy (non-hydrogen) atoms. The van der Waals surface area contributed by atoms with Crippen molar-refractivity contribution in [3.8, 4) is 22.6 Å². The van der Waals surface area contributed by atoms with Crippen molar-refractivity contribution in [3.05, 3.63) is 204 Å². The third-order valence-corrected chi connectivity index (χ3v) is 18.9. The Morgan fingerprint density at radius 2 is 1.05 bits per heavy atom. The standard InChI is InChI=1S/C54H42BNOSi/c1-53(2)40-24-12-14-26-44(40)55-45-27-15-17-29-48(45)57-49-32-35(31-43(53)52(49)55)56-46-28-16-13-25-41(46)54(3,4)42-33-39-38-23-11-18-30-50(38)58(51(39)34-47(42)56,36-19-7-5-8-20-36)37-21-9-6-10-22-37/h5-34H,1-4H3. The molecule has 8 aromatic rings. The van der Waals surface area contributed by atoms with E-state index in [1.165, 1.54) is 81.9 Å². The zero-order valence-corrected chi connectivity index (χ0v) is 34.3. The molecule has 0 N–H and O–H groups in total. The minimum absolute atomic E-state index is 0.109. The fourth-order valence-corrected chi connectivity index (χ4v) is 16.6. The number of fused-ring (bicyclic) bond motifs is 9. The molecule has 0 unspecified atom stereocenters. The average Bonchev–Trinajstić information content (AvgIpc) is 3.55. The summed E-state index contributed by atoms with van der Waals surface area (Å²) in [5.74, 6) is 1.89. The van der Waals surface area contributed by atoms with Gasteiger partial charge in [-0.25, -0.2) is 0 Å². The summed E-state index contributed by atoms with van der Waals surface area (Å²) in [6.45, 7) is 9.73. The van der Waals surface area contributed by atoms with Gasteiger partial charge in [-0.2, -0.15) is 0 Å². The van der Waals surface area contributed by atoms with E-state index < -0.39 is 8.07 Å². The van der Waals surface area contributed by atoms with Crippen LogP contribution in [0.1, 0.15) is 49.9 Å². The lowest BCUT2D eigenvalue weighted by Crippen LogP contribution is -2.72. The minimum atomic E-state index is -2.75. The van der Waals surface area contributed by atoms with Crippen LogP contribution in [0.15, 0.2) is 182 Å². The SMILES string of the molecule is CC1(C)c2ccccc2N(c2cc3c4c(c2)C(C)(C)c2ccccc2B4c2ccccc2O3)c2cc3c(cc21)-c1ccccc1[Si]3(c1ccccc1)c1ccccc1. The monoisotopic (exact) mass is 759 g/mol. The topological polar surface area (TPSA) is 12.5 Å². The van der Waals surface area contributed by atoms with E-state index in [1.54, 1.807) is 0 Å². The van der Waals surface area contributed by atoms with Gasteiger partial charge < -0.3 is 9.64 Å². The van der Waals surface area contributed by atoms with Gasteiger partial charge in [0.1, 0.15) is 11.5 Å². The lowest BCUT2D eigenvalue weighted by atomic mass is 9.30. The van der Waals surface area contributed by atoms with Crippen molar-refractivity contribution in [2.75, 3.05) is 4.90 Å². The van der Waals surface area contributed by atoms with Gasteiger partial charge in [0.2, 0.25) is 0 Å². The van der Waals surface area contributed by atoms with Crippen LogP contribution in [-0.2, 0) is 10.8 Å². The van der Waals surface area contributed by atoms with Gasteiger partial charge in [0.05, 0.1) is 17.1 Å². The summed E-state index contributed by atoms with van der Waals surface area (Å²) >= 11 is 0. The fourth-order valence-electron chi connectivity index (χ4n) is 11.4. The van der Waals surface area contributed by atoms with Crippen LogP contribution in [0.3, 0.4) is 0 Å². The molecule has 0 saturated heterocycles. The summed E-state index contributed by atoms with van der Waals surface area (Å²) in [4.78, 5) is 2.57. The highest BCUT2D eigenvalue weighted by molar-refractivity contribution is 7.22. The number of benzene rings is 8. The van der Waals surface area contributed by atoms with Crippen LogP contribution in [0.25, 0.3) is 11.1 Å². The molecule has 8 aromatic carbocycles. The summed E-state index contributed by atoms with van der Waals surface area (Å²) in [7, 11) is -2.75. The van der Waals surface area contributed by atoms with Crippen molar-refractivity contribution < 1.29 is 4.74 Å². The molecule has 0 aromatic heterocycles.